The summed E-state index contributed by atoms with van der Waals surface area (Å²) in [5.41, 5.74) is 0.844. The standard InChI is InChI=1S/C15H17N5O4/c1-4-11-12(23-10(3)21)5-13(24-11)19-6-9(2)14(18-15(19)22)20-8-16-7-17-20/h1,6-8,11-14H,5H2,2-3H3,(H,18,22)/t11-,12+,13?,14?/m1/s1. The molecule has 9 nitrogen and oxygen atoms in total. The molecule has 3 rings (SSSR count). The number of carbonyl (C=O) groups is 2. The molecule has 1 aromatic rings. The third-order valence-electron chi connectivity index (χ3n) is 3.84. The highest BCUT2D eigenvalue weighted by Crippen LogP contribution is 2.29. The molecule has 0 radical (unpaired) electrons. The molecule has 0 aromatic carbocycles. The minimum absolute atomic E-state index is 0.305. The van der Waals surface area contributed by atoms with Crippen LogP contribution in [0.25, 0.3) is 0 Å². The first-order valence-electron chi connectivity index (χ1n) is 7.39. The first kappa shape index (κ1) is 16.0. The van der Waals surface area contributed by atoms with E-state index in [1.54, 1.807) is 10.9 Å². The quantitative estimate of drug-likeness (QED) is 0.635. The number of urea groups is 1. The summed E-state index contributed by atoms with van der Waals surface area (Å²) in [4.78, 5) is 28.9. The molecule has 2 aliphatic rings. The lowest BCUT2D eigenvalue weighted by Crippen LogP contribution is -2.49. The van der Waals surface area contributed by atoms with E-state index in [0.29, 0.717) is 6.42 Å². The van der Waals surface area contributed by atoms with Crippen LogP contribution < -0.4 is 5.32 Å². The van der Waals surface area contributed by atoms with Crippen molar-refractivity contribution in [1.29, 1.82) is 0 Å². The van der Waals surface area contributed by atoms with E-state index < -0.39 is 30.6 Å². The molecule has 1 fully saturated rings. The normalized spacial score (nSPS) is 29.6. The van der Waals surface area contributed by atoms with E-state index in [2.05, 4.69) is 21.3 Å². The Balaban J connectivity index is 1.77. The Hall–Kier alpha value is -2.86. The number of nitrogens with one attached hydrogen (secondary N) is 1. The largest absolute Gasteiger partial charge is 0.459 e. The molecule has 1 N–H and O–H groups in total. The van der Waals surface area contributed by atoms with Gasteiger partial charge < -0.3 is 14.8 Å². The third kappa shape index (κ3) is 2.96. The van der Waals surface area contributed by atoms with Gasteiger partial charge in [-0.25, -0.2) is 14.5 Å². The summed E-state index contributed by atoms with van der Waals surface area (Å²) < 4.78 is 12.4. The zero-order valence-electron chi connectivity index (χ0n) is 13.2. The van der Waals surface area contributed by atoms with E-state index in [4.69, 9.17) is 15.9 Å². The molecule has 4 atom stereocenters. The fourth-order valence-corrected chi connectivity index (χ4v) is 2.78. The van der Waals surface area contributed by atoms with Gasteiger partial charge >= 0.3 is 12.0 Å². The van der Waals surface area contributed by atoms with Gasteiger partial charge in [0.25, 0.3) is 0 Å². The van der Waals surface area contributed by atoms with E-state index >= 15 is 0 Å². The monoisotopic (exact) mass is 331 g/mol. The molecule has 1 aromatic heterocycles. The number of nitrogens with zero attached hydrogens (tertiary/aromatic N) is 4. The molecule has 0 aliphatic carbocycles. The van der Waals surface area contributed by atoms with Gasteiger partial charge in [-0.1, -0.05) is 5.92 Å². The van der Waals surface area contributed by atoms with E-state index in [1.165, 1.54) is 24.5 Å². The highest BCUT2D eigenvalue weighted by atomic mass is 16.6. The van der Waals surface area contributed by atoms with Gasteiger partial charge in [-0.05, 0) is 12.5 Å². The van der Waals surface area contributed by atoms with Crippen molar-refractivity contribution in [3.8, 4) is 12.3 Å². The number of terminal acetylenes is 1. The van der Waals surface area contributed by atoms with Crippen molar-refractivity contribution in [2.45, 2.75) is 44.9 Å². The average molecular weight is 331 g/mol. The SMILES string of the molecule is C#C[C@H]1OC(N2C=C(C)C(n3cncn3)NC2=O)C[C@@H]1OC(C)=O. The van der Waals surface area contributed by atoms with Crippen LogP contribution in [0, 0.1) is 12.3 Å². The summed E-state index contributed by atoms with van der Waals surface area (Å²) >= 11 is 0. The summed E-state index contributed by atoms with van der Waals surface area (Å²) in [5, 5.41) is 6.86. The number of amides is 2. The first-order chi connectivity index (χ1) is 11.5. The summed E-state index contributed by atoms with van der Waals surface area (Å²) in [5.74, 6) is 2.01. The van der Waals surface area contributed by atoms with Crippen molar-refractivity contribution in [2.75, 3.05) is 0 Å². The second-order valence-corrected chi connectivity index (χ2v) is 5.57. The smallest absolute Gasteiger partial charge is 0.325 e. The molecular weight excluding hydrogens is 314 g/mol. The first-order valence-corrected chi connectivity index (χ1v) is 7.39. The molecule has 2 unspecified atom stereocenters. The molecule has 3 heterocycles. The Morgan fingerprint density at radius 1 is 1.58 bits per heavy atom. The maximum atomic E-state index is 12.4. The lowest BCUT2D eigenvalue weighted by Gasteiger charge is -2.33. The van der Waals surface area contributed by atoms with Gasteiger partial charge in [0.2, 0.25) is 0 Å². The van der Waals surface area contributed by atoms with E-state index in [0.717, 1.165) is 5.57 Å². The number of hydrogen-bond acceptors (Lipinski definition) is 6. The Labute approximate surface area is 138 Å². The van der Waals surface area contributed by atoms with Gasteiger partial charge in [-0.15, -0.1) is 6.42 Å². The van der Waals surface area contributed by atoms with Crippen molar-refractivity contribution >= 4 is 12.0 Å². The number of aromatic nitrogens is 3. The molecule has 0 spiro atoms. The van der Waals surface area contributed by atoms with E-state index in [1.807, 2.05) is 6.92 Å². The number of esters is 1. The molecular formula is C15H17N5O4. The second kappa shape index (κ2) is 6.33. The van der Waals surface area contributed by atoms with Crippen LogP contribution >= 0.6 is 0 Å². The van der Waals surface area contributed by atoms with Crippen LogP contribution in [0.2, 0.25) is 0 Å². The molecule has 0 saturated carbocycles. The molecule has 9 heteroatoms. The highest BCUT2D eigenvalue weighted by Gasteiger charge is 2.42. The van der Waals surface area contributed by atoms with Gasteiger partial charge in [-0.2, -0.15) is 5.10 Å². The topological polar surface area (TPSA) is 98.6 Å². The lowest BCUT2D eigenvalue weighted by molar-refractivity contribution is -0.147. The molecule has 2 aliphatic heterocycles. The zero-order valence-corrected chi connectivity index (χ0v) is 13.2. The van der Waals surface area contributed by atoms with Crippen LogP contribution in [0.15, 0.2) is 24.4 Å². The zero-order chi connectivity index (χ0) is 17.3. The van der Waals surface area contributed by atoms with Crippen LogP contribution in [-0.2, 0) is 14.3 Å². The number of carbonyl (C=O) groups excluding carboxylic acids is 2. The van der Waals surface area contributed by atoms with Crippen LogP contribution in [0.3, 0.4) is 0 Å². The molecule has 24 heavy (non-hydrogen) atoms. The predicted molar refractivity (Wildman–Crippen MR) is 80.9 cm³/mol. The van der Waals surface area contributed by atoms with Crippen molar-refractivity contribution in [3.63, 3.8) is 0 Å². The maximum Gasteiger partial charge on any atom is 0.325 e. The Morgan fingerprint density at radius 2 is 2.38 bits per heavy atom. The second-order valence-electron chi connectivity index (χ2n) is 5.57. The number of rotatable bonds is 3. The summed E-state index contributed by atoms with van der Waals surface area (Å²) in [6, 6.07) is -0.356. The van der Waals surface area contributed by atoms with Gasteiger partial charge in [0.15, 0.2) is 6.10 Å². The molecule has 126 valence electrons. The maximum absolute atomic E-state index is 12.4. The van der Waals surface area contributed by atoms with Gasteiger partial charge in [0.05, 0.1) is 0 Å². The Bertz CT molecular complexity index is 708. The van der Waals surface area contributed by atoms with Crippen molar-refractivity contribution in [1.82, 2.24) is 25.0 Å². The van der Waals surface area contributed by atoms with Crippen molar-refractivity contribution in [3.05, 3.63) is 24.4 Å². The summed E-state index contributed by atoms with van der Waals surface area (Å²) in [7, 11) is 0. The molecule has 2 amide bonds. The van der Waals surface area contributed by atoms with Crippen LogP contribution in [0.4, 0.5) is 4.79 Å². The third-order valence-corrected chi connectivity index (χ3v) is 3.84. The van der Waals surface area contributed by atoms with Crippen molar-refractivity contribution in [2.24, 2.45) is 0 Å². The Kier molecular flexibility index (Phi) is 4.22. The van der Waals surface area contributed by atoms with Crippen LogP contribution in [-0.4, -0.2) is 50.1 Å². The Morgan fingerprint density at radius 3 is 3.00 bits per heavy atom. The summed E-state index contributed by atoms with van der Waals surface area (Å²) in [6.45, 7) is 3.16. The van der Waals surface area contributed by atoms with Gasteiger partial charge in [0.1, 0.15) is 31.2 Å². The molecule has 1 saturated heterocycles. The minimum Gasteiger partial charge on any atom is -0.459 e. The fourth-order valence-electron chi connectivity index (χ4n) is 2.78. The van der Waals surface area contributed by atoms with E-state index in [9.17, 15) is 9.59 Å². The number of ether oxygens (including phenoxy) is 2. The van der Waals surface area contributed by atoms with Crippen molar-refractivity contribution < 1.29 is 19.1 Å². The van der Waals surface area contributed by atoms with Gasteiger partial charge in [-0.3, -0.25) is 9.69 Å². The fraction of sp³-hybridized carbons (Fsp3) is 0.467. The van der Waals surface area contributed by atoms with E-state index in [-0.39, 0.29) is 6.03 Å². The lowest BCUT2D eigenvalue weighted by atomic mass is 10.1. The summed E-state index contributed by atoms with van der Waals surface area (Å²) in [6.07, 6.45) is 8.04. The van der Waals surface area contributed by atoms with Gasteiger partial charge in [0, 0.05) is 19.5 Å². The minimum atomic E-state index is -0.687. The van der Waals surface area contributed by atoms with Crippen LogP contribution in [0.1, 0.15) is 26.4 Å². The number of hydrogen-bond donors (Lipinski definition) is 1. The van der Waals surface area contributed by atoms with Crippen LogP contribution in [0.5, 0.6) is 0 Å². The average Bonchev–Trinajstić information content (AvgIpc) is 3.18. The predicted octanol–water partition coefficient (Wildman–Crippen LogP) is 0.386. The highest BCUT2D eigenvalue weighted by molar-refractivity contribution is 5.77. The molecule has 0 bridgehead atoms.